The fraction of sp³-hybridized carbons (Fsp3) is 0. The van der Waals surface area contributed by atoms with E-state index in [0.717, 1.165) is 112 Å². The molecule has 0 atom stereocenters. The molecular formula is C119H78N12. The Morgan fingerprint density at radius 3 is 0.534 bits per heavy atom. The number of hydrogen-bond acceptors (Lipinski definition) is 7. The van der Waals surface area contributed by atoms with Crippen molar-refractivity contribution < 1.29 is 0 Å². The number of para-hydroxylation sites is 10. The SMILES string of the molecule is c1ccc(-c2ccc(-c3cc(-c4ccc(-c5ccccc5)cc4)nc(-n4c5ccccc5c5ccccc54)n3)cc2)cc1.c1ccc(-c2ccc(-c3nc(-c4ccc(-c5ccccc5)cc4)nc(-n4c5ccccc5c5ccccc54)n3)cc2)cc1.c1ccc2c(c1)c1ccccc1n2-c1cc(-n2c3ccccc3c3ccccc32)nc(-n2c3ccccc3c3ccccc32)n1. The lowest BCUT2D eigenvalue weighted by molar-refractivity contribution is 0.918. The second-order valence-electron chi connectivity index (χ2n) is 32.7. The number of aromatic nitrogens is 12. The summed E-state index contributed by atoms with van der Waals surface area (Å²) in [5.74, 6) is 4.78. The quantitative estimate of drug-likeness (QED) is 0.113. The van der Waals surface area contributed by atoms with Crippen LogP contribution in [0.25, 0.3) is 228 Å². The summed E-state index contributed by atoms with van der Waals surface area (Å²) in [6, 6.07) is 165. The van der Waals surface area contributed by atoms with E-state index >= 15 is 0 Å². The zero-order valence-electron chi connectivity index (χ0n) is 70.9. The van der Waals surface area contributed by atoms with E-state index in [4.69, 9.17) is 34.9 Å². The van der Waals surface area contributed by atoms with Crippen molar-refractivity contribution in [3.8, 4) is 119 Å². The Bertz CT molecular complexity index is 7690. The molecule has 0 amide bonds. The first-order valence-electron chi connectivity index (χ1n) is 44.1. The van der Waals surface area contributed by atoms with Crippen LogP contribution in [0.3, 0.4) is 0 Å². The first-order chi connectivity index (χ1) is 65.0. The van der Waals surface area contributed by atoms with E-state index in [9.17, 15) is 0 Å². The summed E-state index contributed by atoms with van der Waals surface area (Å²) in [6.45, 7) is 0. The Morgan fingerprint density at radius 2 is 0.298 bits per heavy atom. The summed E-state index contributed by atoms with van der Waals surface area (Å²) < 4.78 is 11.1. The lowest BCUT2D eigenvalue weighted by Gasteiger charge is -2.15. The molecule has 12 heteroatoms. The number of benzene rings is 18. The van der Waals surface area contributed by atoms with Gasteiger partial charge in [-0.3, -0.25) is 22.8 Å². The summed E-state index contributed by atoms with van der Waals surface area (Å²) in [7, 11) is 0. The molecule has 0 unspecified atom stereocenters. The van der Waals surface area contributed by atoms with Crippen LogP contribution in [0.1, 0.15) is 0 Å². The van der Waals surface area contributed by atoms with E-state index in [1.807, 2.05) is 24.3 Å². The van der Waals surface area contributed by atoms with Crippen LogP contribution in [-0.4, -0.2) is 57.7 Å². The molecule has 0 fully saturated rings. The van der Waals surface area contributed by atoms with Crippen LogP contribution in [0.2, 0.25) is 0 Å². The molecule has 131 heavy (non-hydrogen) atoms. The second kappa shape index (κ2) is 32.9. The van der Waals surface area contributed by atoms with Gasteiger partial charge >= 0.3 is 0 Å². The van der Waals surface area contributed by atoms with Crippen LogP contribution in [0.4, 0.5) is 0 Å². The van der Waals surface area contributed by atoms with Crippen LogP contribution in [0, 0.1) is 0 Å². The van der Waals surface area contributed by atoms with Crippen LogP contribution < -0.4 is 0 Å². The van der Waals surface area contributed by atoms with Crippen LogP contribution in [0.5, 0.6) is 0 Å². The van der Waals surface area contributed by atoms with Gasteiger partial charge in [0.15, 0.2) is 11.6 Å². The first-order valence-corrected chi connectivity index (χ1v) is 44.1. The van der Waals surface area contributed by atoms with Crippen LogP contribution >= 0.6 is 0 Å². The monoisotopic (exact) mass is 1670 g/mol. The molecule has 26 rings (SSSR count). The van der Waals surface area contributed by atoms with Crippen molar-refractivity contribution >= 4 is 109 Å². The van der Waals surface area contributed by atoms with Crippen molar-refractivity contribution in [1.29, 1.82) is 0 Å². The molecule has 0 bridgehead atoms. The predicted octanol–water partition coefficient (Wildman–Crippen LogP) is 29.6. The van der Waals surface area contributed by atoms with Gasteiger partial charge in [-0.2, -0.15) is 19.9 Å². The highest BCUT2D eigenvalue weighted by molar-refractivity contribution is 6.13. The molecule has 0 spiro atoms. The van der Waals surface area contributed by atoms with Gasteiger partial charge in [-0.25, -0.2) is 15.0 Å². The zero-order valence-corrected chi connectivity index (χ0v) is 70.9. The van der Waals surface area contributed by atoms with Gasteiger partial charge in [0, 0.05) is 82.2 Å². The van der Waals surface area contributed by atoms with Gasteiger partial charge in [-0.05, 0) is 111 Å². The van der Waals surface area contributed by atoms with Crippen molar-refractivity contribution in [2.45, 2.75) is 0 Å². The average Bonchev–Trinajstić information content (AvgIpc) is 1.59. The van der Waals surface area contributed by atoms with E-state index < -0.39 is 0 Å². The molecule has 0 saturated heterocycles. The summed E-state index contributed by atoms with van der Waals surface area (Å²) in [5.41, 5.74) is 26.0. The molecule has 0 N–H and O–H groups in total. The Balaban J connectivity index is 0.000000109. The summed E-state index contributed by atoms with van der Waals surface area (Å²) in [6.07, 6.45) is 0. The van der Waals surface area contributed by atoms with Crippen molar-refractivity contribution in [3.63, 3.8) is 0 Å². The topological polar surface area (TPSA) is 115 Å². The van der Waals surface area contributed by atoms with Gasteiger partial charge < -0.3 is 0 Å². The Morgan fingerprint density at radius 1 is 0.122 bits per heavy atom. The lowest BCUT2D eigenvalue weighted by Crippen LogP contribution is -2.10. The third-order valence-electron chi connectivity index (χ3n) is 25.1. The average molecular weight is 1680 g/mol. The smallest absolute Gasteiger partial charge is 0.238 e. The molecule has 0 radical (unpaired) electrons. The molecule has 614 valence electrons. The van der Waals surface area contributed by atoms with Gasteiger partial charge in [-0.1, -0.05) is 400 Å². The molecule has 0 aliphatic heterocycles. The maximum absolute atomic E-state index is 5.39. The summed E-state index contributed by atoms with van der Waals surface area (Å²) in [5, 5.41) is 11.9. The van der Waals surface area contributed by atoms with Gasteiger partial charge in [0.25, 0.3) is 0 Å². The van der Waals surface area contributed by atoms with E-state index in [1.165, 1.54) is 87.2 Å². The number of hydrogen-bond donors (Lipinski definition) is 0. The predicted molar refractivity (Wildman–Crippen MR) is 539 cm³/mol. The van der Waals surface area contributed by atoms with Crippen molar-refractivity contribution in [3.05, 3.63) is 473 Å². The Labute approximate surface area is 754 Å². The minimum atomic E-state index is 0.594. The molecule has 18 aromatic carbocycles. The molecule has 12 nitrogen and oxygen atoms in total. The summed E-state index contributed by atoms with van der Waals surface area (Å²) >= 11 is 0. The maximum Gasteiger partial charge on any atom is 0.238 e. The minimum Gasteiger partial charge on any atom is -0.294 e. The fourth-order valence-corrected chi connectivity index (χ4v) is 18.9. The molecule has 26 aromatic rings. The van der Waals surface area contributed by atoms with Crippen LogP contribution in [0.15, 0.2) is 473 Å². The van der Waals surface area contributed by atoms with Crippen molar-refractivity contribution in [1.82, 2.24) is 57.7 Å². The Kier molecular flexibility index (Phi) is 19.3. The third kappa shape index (κ3) is 14.0. The number of rotatable bonds is 13. The van der Waals surface area contributed by atoms with Gasteiger partial charge in [0.1, 0.15) is 11.6 Å². The highest BCUT2D eigenvalue weighted by atomic mass is 15.2. The van der Waals surface area contributed by atoms with E-state index in [1.54, 1.807) is 0 Å². The third-order valence-corrected chi connectivity index (χ3v) is 25.1. The molecule has 0 aliphatic carbocycles. The zero-order chi connectivity index (χ0) is 86.7. The Hall–Kier alpha value is -17.9. The first kappa shape index (κ1) is 76.8. The molecule has 0 aliphatic rings. The van der Waals surface area contributed by atoms with E-state index in [-0.39, 0.29) is 0 Å². The van der Waals surface area contributed by atoms with Crippen molar-refractivity contribution in [2.24, 2.45) is 0 Å². The highest BCUT2D eigenvalue weighted by Crippen LogP contribution is 2.41. The van der Waals surface area contributed by atoms with Crippen molar-refractivity contribution in [2.75, 3.05) is 0 Å². The number of nitrogens with zero attached hydrogens (tertiary/aromatic N) is 12. The minimum absolute atomic E-state index is 0.594. The largest absolute Gasteiger partial charge is 0.294 e. The van der Waals surface area contributed by atoms with Crippen LogP contribution in [-0.2, 0) is 0 Å². The molecule has 8 aromatic heterocycles. The molecular weight excluding hydrogens is 1600 g/mol. The standard InChI is InChI=1S/C40H25N5.C40H27N3.C39H26N4/c1-7-19-32-26(13-1)27-14-2-8-20-33(27)43(32)38-25-39(44-34-21-9-3-15-28(34)29-16-4-10-22-35(29)44)42-40(41-38)45-36-23-11-5-17-30(36)31-18-6-12-24-37(31)45;1-3-11-28(12-4-1)30-19-23-32(24-20-30)36-27-37(33-25-21-31(22-26-33)29-13-5-2-6-14-29)42-40(41-36)43-38-17-9-7-15-34(38)35-16-8-10-18-39(35)43;1-3-11-27(12-4-1)29-19-23-31(24-20-29)37-40-38(32-25-21-30(22-26-32)28-13-5-2-6-14-28)42-39(41-37)43-35-17-9-7-15-33(35)34-16-8-10-18-36(34)43/h1-25H;1-27H;1-26H. The van der Waals surface area contributed by atoms with Gasteiger partial charge in [0.2, 0.25) is 17.8 Å². The van der Waals surface area contributed by atoms with E-state index in [0.29, 0.717) is 29.5 Å². The lowest BCUT2D eigenvalue weighted by atomic mass is 10.0. The fourth-order valence-electron chi connectivity index (χ4n) is 18.9. The maximum atomic E-state index is 5.39. The molecule has 8 heterocycles. The summed E-state index contributed by atoms with van der Waals surface area (Å²) in [4.78, 5) is 36.3. The van der Waals surface area contributed by atoms with Gasteiger partial charge in [0.05, 0.1) is 66.6 Å². The van der Waals surface area contributed by atoms with Gasteiger partial charge in [-0.15, -0.1) is 0 Å². The van der Waals surface area contributed by atoms with E-state index in [2.05, 4.69) is 472 Å². The number of fused-ring (bicyclic) bond motifs is 15. The normalized spacial score (nSPS) is 11.5. The highest BCUT2D eigenvalue weighted by Gasteiger charge is 2.25. The second-order valence-corrected chi connectivity index (χ2v) is 32.7. The molecule has 0 saturated carbocycles.